The maximum absolute atomic E-state index is 13.1. The molecule has 38 heavy (non-hydrogen) atoms. The van der Waals surface area contributed by atoms with Crippen LogP contribution in [-0.2, 0) is 14.6 Å². The number of sulfone groups is 1. The van der Waals surface area contributed by atoms with Gasteiger partial charge in [-0.2, -0.15) is 0 Å². The van der Waals surface area contributed by atoms with Gasteiger partial charge >= 0.3 is 0 Å². The fourth-order valence-corrected chi connectivity index (χ4v) is 6.39. The van der Waals surface area contributed by atoms with Gasteiger partial charge in [0.05, 0.1) is 16.2 Å². The van der Waals surface area contributed by atoms with Gasteiger partial charge in [0.15, 0.2) is 9.84 Å². The lowest BCUT2D eigenvalue weighted by atomic mass is 10.1. The fraction of sp³-hybridized carbons (Fsp3) is 0.250. The van der Waals surface area contributed by atoms with E-state index in [0.29, 0.717) is 37.6 Å². The van der Waals surface area contributed by atoms with Crippen molar-refractivity contribution < 1.29 is 13.2 Å². The minimum absolute atomic E-state index is 0.142. The maximum Gasteiger partial charge on any atom is 0.239 e. The number of nitrogens with zero attached hydrogens (tertiary/aromatic N) is 3. The summed E-state index contributed by atoms with van der Waals surface area (Å²) >= 11 is 0. The van der Waals surface area contributed by atoms with E-state index in [9.17, 15) is 13.2 Å². The second kappa shape index (κ2) is 10.8. The molecule has 2 aromatic heterocycles. The third-order valence-electron chi connectivity index (χ3n) is 6.78. The van der Waals surface area contributed by atoms with Crippen LogP contribution in [0.3, 0.4) is 0 Å². The topological polar surface area (TPSA) is 134 Å². The molecule has 1 saturated heterocycles. The summed E-state index contributed by atoms with van der Waals surface area (Å²) in [7, 11) is -3.50. The number of nitrogens with one attached hydrogen (secondary N) is 2. The zero-order chi connectivity index (χ0) is 26.7. The summed E-state index contributed by atoms with van der Waals surface area (Å²) in [5.41, 5.74) is 9.40. The predicted molar refractivity (Wildman–Crippen MR) is 149 cm³/mol. The Morgan fingerprint density at radius 1 is 1.08 bits per heavy atom. The molecule has 5 rings (SSSR count). The highest BCUT2D eigenvalue weighted by atomic mass is 32.2. The van der Waals surface area contributed by atoms with E-state index in [2.05, 4.69) is 26.3 Å². The van der Waals surface area contributed by atoms with Gasteiger partial charge in [-0.05, 0) is 61.7 Å². The number of aromatic amines is 1. The van der Waals surface area contributed by atoms with Gasteiger partial charge in [-0.15, -0.1) is 0 Å². The number of amides is 1. The van der Waals surface area contributed by atoms with Gasteiger partial charge in [0, 0.05) is 53.8 Å². The van der Waals surface area contributed by atoms with E-state index < -0.39 is 21.1 Å². The van der Waals surface area contributed by atoms with E-state index in [1.54, 1.807) is 48.5 Å². The number of anilines is 2. The number of likely N-dealkylation sites (tertiary alicyclic amines) is 1. The van der Waals surface area contributed by atoms with Crippen molar-refractivity contribution in [2.45, 2.75) is 36.0 Å². The third-order valence-corrected chi connectivity index (χ3v) is 9.06. The van der Waals surface area contributed by atoms with Crippen molar-refractivity contribution in [3.63, 3.8) is 0 Å². The number of hydrogen-bond acceptors (Lipinski definition) is 7. The molecule has 0 bridgehead atoms. The first-order valence-electron chi connectivity index (χ1n) is 12.5. The number of aromatic nitrogens is 3. The molecule has 3 heterocycles. The molecule has 1 aliphatic rings. The average Bonchev–Trinajstić information content (AvgIpc) is 3.42. The summed E-state index contributed by atoms with van der Waals surface area (Å²) in [4.78, 5) is 26.0. The standard InChI is InChI=1S/C28H30N6O3S/c1-19(29)27(35)34-15-12-24(13-16-34)38(36,37)23-9-7-22(8-10-23)33-28-31-17-20(18-32-28)5-6-21-3-2-4-26-25(21)11-14-30-26/h2-11,14,17-19,24,30H,12-13,15-16,29H2,1H3,(H,31,32,33)/t19-/m0/s1. The van der Waals surface area contributed by atoms with E-state index in [-0.39, 0.29) is 10.8 Å². The lowest BCUT2D eigenvalue weighted by molar-refractivity contribution is -0.133. The van der Waals surface area contributed by atoms with Crippen molar-refractivity contribution in [2.24, 2.45) is 5.73 Å². The number of fused-ring (bicyclic) bond motifs is 1. The number of nitrogens with two attached hydrogens (primary N) is 1. The molecule has 1 amide bonds. The highest BCUT2D eigenvalue weighted by Crippen LogP contribution is 2.26. The quantitative estimate of drug-likeness (QED) is 0.329. The van der Waals surface area contributed by atoms with Crippen LogP contribution in [0.2, 0.25) is 0 Å². The first kappa shape index (κ1) is 25.6. The zero-order valence-corrected chi connectivity index (χ0v) is 21.9. The molecular formula is C28H30N6O3S. The second-order valence-corrected chi connectivity index (χ2v) is 11.7. The summed E-state index contributed by atoms with van der Waals surface area (Å²) in [6.07, 6.45) is 10.2. The zero-order valence-electron chi connectivity index (χ0n) is 21.0. The summed E-state index contributed by atoms with van der Waals surface area (Å²) < 4.78 is 26.3. The van der Waals surface area contributed by atoms with Crippen molar-refractivity contribution in [1.82, 2.24) is 19.9 Å². The number of carbonyl (C=O) groups is 1. The molecule has 0 saturated carbocycles. The van der Waals surface area contributed by atoms with Gasteiger partial charge in [-0.25, -0.2) is 18.4 Å². The Morgan fingerprint density at radius 2 is 1.79 bits per heavy atom. The number of piperidine rings is 1. The fourth-order valence-electron chi connectivity index (χ4n) is 4.65. The van der Waals surface area contributed by atoms with Gasteiger partial charge < -0.3 is 20.9 Å². The van der Waals surface area contributed by atoms with Crippen LogP contribution in [0.15, 0.2) is 72.0 Å². The molecule has 2 aromatic carbocycles. The minimum Gasteiger partial charge on any atom is -0.361 e. The van der Waals surface area contributed by atoms with Crippen molar-refractivity contribution in [1.29, 1.82) is 0 Å². The van der Waals surface area contributed by atoms with E-state index in [0.717, 1.165) is 22.0 Å². The Kier molecular flexibility index (Phi) is 7.26. The Morgan fingerprint density at radius 3 is 2.47 bits per heavy atom. The van der Waals surface area contributed by atoms with Crippen LogP contribution in [0.5, 0.6) is 0 Å². The van der Waals surface area contributed by atoms with Crippen molar-refractivity contribution in [2.75, 3.05) is 18.4 Å². The summed E-state index contributed by atoms with van der Waals surface area (Å²) in [5, 5.41) is 3.74. The molecule has 10 heteroatoms. The SMILES string of the molecule is C[C@H](N)C(=O)N1CCC(S(=O)(=O)c2ccc(Nc3ncc(C=Cc4cccc5[nH]ccc45)cn3)cc2)CC1. The Bertz CT molecular complexity index is 1550. The van der Waals surface area contributed by atoms with Crippen LogP contribution < -0.4 is 11.1 Å². The van der Waals surface area contributed by atoms with Crippen LogP contribution in [-0.4, -0.2) is 58.6 Å². The highest BCUT2D eigenvalue weighted by molar-refractivity contribution is 7.92. The van der Waals surface area contributed by atoms with Crippen LogP contribution >= 0.6 is 0 Å². The first-order chi connectivity index (χ1) is 18.3. The molecule has 4 N–H and O–H groups in total. The highest BCUT2D eigenvalue weighted by Gasteiger charge is 2.33. The average molecular weight is 531 g/mol. The molecule has 196 valence electrons. The van der Waals surface area contributed by atoms with Crippen LogP contribution in [0.1, 0.15) is 30.9 Å². The number of H-pyrrole nitrogens is 1. The van der Waals surface area contributed by atoms with Gasteiger partial charge in [-0.3, -0.25) is 4.79 Å². The molecule has 9 nitrogen and oxygen atoms in total. The molecule has 4 aromatic rings. The number of benzene rings is 2. The van der Waals surface area contributed by atoms with Crippen molar-refractivity contribution in [3.8, 4) is 0 Å². The number of hydrogen-bond donors (Lipinski definition) is 3. The molecule has 1 aliphatic heterocycles. The molecule has 1 atom stereocenters. The monoisotopic (exact) mass is 530 g/mol. The van der Waals surface area contributed by atoms with Crippen molar-refractivity contribution >= 4 is 50.4 Å². The van der Waals surface area contributed by atoms with Crippen LogP contribution in [0.4, 0.5) is 11.6 Å². The van der Waals surface area contributed by atoms with E-state index >= 15 is 0 Å². The summed E-state index contributed by atoms with van der Waals surface area (Å²) in [6.45, 7) is 2.44. The molecule has 0 radical (unpaired) electrons. The Hall–Kier alpha value is -4.02. The maximum atomic E-state index is 13.1. The van der Waals surface area contributed by atoms with Gasteiger partial charge in [0.1, 0.15) is 0 Å². The predicted octanol–water partition coefficient (Wildman–Crippen LogP) is 3.98. The Balaban J connectivity index is 1.20. The lowest BCUT2D eigenvalue weighted by Gasteiger charge is -2.32. The molecule has 1 fully saturated rings. The van der Waals surface area contributed by atoms with E-state index in [4.69, 9.17) is 5.73 Å². The van der Waals surface area contributed by atoms with Gasteiger partial charge in [-0.1, -0.05) is 24.3 Å². The number of rotatable bonds is 7. The largest absolute Gasteiger partial charge is 0.361 e. The van der Waals surface area contributed by atoms with E-state index in [1.807, 2.05) is 36.5 Å². The summed E-state index contributed by atoms with van der Waals surface area (Å²) in [5.74, 6) is 0.272. The normalized spacial score (nSPS) is 15.7. The van der Waals surface area contributed by atoms with Crippen molar-refractivity contribution in [3.05, 3.63) is 78.2 Å². The first-order valence-corrected chi connectivity index (χ1v) is 14.1. The minimum atomic E-state index is -3.50. The van der Waals surface area contributed by atoms with Crippen LogP contribution in [0.25, 0.3) is 23.1 Å². The third kappa shape index (κ3) is 5.46. The lowest BCUT2D eigenvalue weighted by Crippen LogP contribution is -2.48. The van der Waals surface area contributed by atoms with E-state index in [1.165, 1.54) is 0 Å². The van der Waals surface area contributed by atoms with Crippen LogP contribution in [0, 0.1) is 0 Å². The molecule has 0 spiro atoms. The molecule has 0 unspecified atom stereocenters. The second-order valence-electron chi connectivity index (χ2n) is 9.47. The van der Waals surface area contributed by atoms with Gasteiger partial charge in [0.25, 0.3) is 0 Å². The molecule has 0 aliphatic carbocycles. The summed E-state index contributed by atoms with van der Waals surface area (Å²) in [6, 6.07) is 14.2. The number of carbonyl (C=O) groups excluding carboxylic acids is 1. The van der Waals surface area contributed by atoms with Gasteiger partial charge in [0.2, 0.25) is 11.9 Å². The smallest absolute Gasteiger partial charge is 0.239 e. The molecular weight excluding hydrogens is 500 g/mol. The Labute approximate surface area is 221 Å².